The number of carbonyl (C=O) groups is 2. The minimum absolute atomic E-state index is 0.0818. The Bertz CT molecular complexity index is 409. The lowest BCUT2D eigenvalue weighted by molar-refractivity contribution is -0.125. The summed E-state index contributed by atoms with van der Waals surface area (Å²) in [4.78, 5) is 25.7. The van der Waals surface area contributed by atoms with E-state index in [1.54, 1.807) is 4.90 Å². The van der Waals surface area contributed by atoms with Crippen LogP contribution in [0.5, 0.6) is 0 Å². The topological polar surface area (TPSA) is 85.2 Å². The van der Waals surface area contributed by atoms with Crippen molar-refractivity contribution in [3.05, 3.63) is 0 Å². The van der Waals surface area contributed by atoms with Crippen molar-refractivity contribution < 1.29 is 9.59 Å². The van der Waals surface area contributed by atoms with Crippen molar-refractivity contribution >= 4 is 11.8 Å². The van der Waals surface area contributed by atoms with Crippen LogP contribution in [-0.2, 0) is 9.59 Å². The number of hydrogen-bond acceptors (Lipinski definition) is 4. The van der Waals surface area contributed by atoms with Crippen LogP contribution in [0, 0.1) is 11.3 Å². The predicted molar refractivity (Wildman–Crippen MR) is 85.0 cm³/mol. The molecule has 124 valence electrons. The highest BCUT2D eigenvalue weighted by atomic mass is 16.2. The molecule has 2 N–H and O–H groups in total. The third-order valence-corrected chi connectivity index (χ3v) is 4.11. The fourth-order valence-electron chi connectivity index (χ4n) is 2.84. The zero-order valence-corrected chi connectivity index (χ0v) is 13.8. The maximum absolute atomic E-state index is 12.3. The molecule has 0 bridgehead atoms. The molecule has 0 aromatic heterocycles. The first-order valence-electron chi connectivity index (χ1n) is 8.26. The number of hydrogen-bond donors (Lipinski definition) is 2. The Labute approximate surface area is 133 Å². The lowest BCUT2D eigenvalue weighted by atomic mass is 9.92. The van der Waals surface area contributed by atoms with E-state index in [0.29, 0.717) is 13.1 Å². The molecule has 6 nitrogen and oxygen atoms in total. The summed E-state index contributed by atoms with van der Waals surface area (Å²) < 4.78 is 0. The third-order valence-electron chi connectivity index (χ3n) is 4.11. The second-order valence-electron chi connectivity index (χ2n) is 5.91. The molecular formula is C16H28N4O2. The molecule has 1 saturated carbocycles. The molecule has 0 heterocycles. The number of nitrogens with one attached hydrogen (secondary N) is 2. The Hall–Kier alpha value is -1.61. The van der Waals surface area contributed by atoms with Crippen LogP contribution in [0.25, 0.3) is 0 Å². The summed E-state index contributed by atoms with van der Waals surface area (Å²) in [7, 11) is 0. The number of nitriles is 1. The Morgan fingerprint density at radius 1 is 1.09 bits per heavy atom. The predicted octanol–water partition coefficient (Wildman–Crippen LogP) is 1.18. The highest BCUT2D eigenvalue weighted by Crippen LogP contribution is 2.26. The Morgan fingerprint density at radius 2 is 1.68 bits per heavy atom. The first kappa shape index (κ1) is 18.4. The van der Waals surface area contributed by atoms with Crippen LogP contribution in [0.4, 0.5) is 0 Å². The molecule has 1 fully saturated rings. The van der Waals surface area contributed by atoms with E-state index in [9.17, 15) is 14.9 Å². The molecule has 0 aromatic rings. The second kappa shape index (κ2) is 9.42. The molecule has 22 heavy (non-hydrogen) atoms. The zero-order valence-electron chi connectivity index (χ0n) is 13.8. The van der Waals surface area contributed by atoms with Gasteiger partial charge in [0.05, 0.1) is 19.2 Å². The molecule has 0 aromatic carbocycles. The van der Waals surface area contributed by atoms with Crippen molar-refractivity contribution in [2.45, 2.75) is 57.9 Å². The van der Waals surface area contributed by atoms with Crippen molar-refractivity contribution in [2.24, 2.45) is 0 Å². The van der Waals surface area contributed by atoms with E-state index in [1.807, 2.05) is 13.8 Å². The quantitative estimate of drug-likeness (QED) is 0.692. The summed E-state index contributed by atoms with van der Waals surface area (Å²) in [6.07, 6.45) is 5.64. The van der Waals surface area contributed by atoms with Gasteiger partial charge in [0.2, 0.25) is 11.8 Å². The van der Waals surface area contributed by atoms with Gasteiger partial charge in [-0.3, -0.25) is 14.5 Å². The SMILES string of the molecule is CCNC(=O)CN(CC)CC(=O)NC1(C#N)CCCCCC1. The average Bonchev–Trinajstić information content (AvgIpc) is 2.72. The Morgan fingerprint density at radius 3 is 2.18 bits per heavy atom. The number of carbonyl (C=O) groups excluding carboxylic acids is 2. The van der Waals surface area contributed by atoms with Gasteiger partial charge in [0, 0.05) is 6.54 Å². The summed E-state index contributed by atoms with van der Waals surface area (Å²) in [5, 5.41) is 15.1. The molecule has 0 aliphatic heterocycles. The van der Waals surface area contributed by atoms with Crippen LogP contribution in [0.1, 0.15) is 52.4 Å². The normalized spacial score (nSPS) is 17.4. The molecule has 0 atom stereocenters. The van der Waals surface area contributed by atoms with E-state index in [-0.39, 0.29) is 24.9 Å². The molecule has 0 radical (unpaired) electrons. The number of amides is 2. The summed E-state index contributed by atoms with van der Waals surface area (Å²) in [6, 6.07) is 2.31. The van der Waals surface area contributed by atoms with Crippen LogP contribution in [-0.4, -0.2) is 48.4 Å². The smallest absolute Gasteiger partial charge is 0.235 e. The minimum atomic E-state index is -0.724. The van der Waals surface area contributed by atoms with Gasteiger partial charge in [0.1, 0.15) is 5.54 Å². The molecule has 6 heteroatoms. The van der Waals surface area contributed by atoms with Gasteiger partial charge in [-0.15, -0.1) is 0 Å². The van der Waals surface area contributed by atoms with Gasteiger partial charge in [-0.25, -0.2) is 0 Å². The van der Waals surface area contributed by atoms with Crippen molar-refractivity contribution in [3.63, 3.8) is 0 Å². The lowest BCUT2D eigenvalue weighted by Gasteiger charge is -2.28. The fourth-order valence-corrected chi connectivity index (χ4v) is 2.84. The van der Waals surface area contributed by atoms with Crippen molar-refractivity contribution in [2.75, 3.05) is 26.2 Å². The molecule has 2 amide bonds. The first-order valence-corrected chi connectivity index (χ1v) is 8.26. The highest BCUT2D eigenvalue weighted by molar-refractivity contribution is 5.81. The standard InChI is InChI=1S/C16H28N4O2/c1-3-18-14(21)11-20(4-2)12-15(22)19-16(13-17)9-7-5-6-8-10-16/h3-12H2,1-2H3,(H,18,21)(H,19,22). The number of nitrogens with zero attached hydrogens (tertiary/aromatic N) is 2. The maximum Gasteiger partial charge on any atom is 0.235 e. The zero-order chi connectivity index (χ0) is 16.4. The summed E-state index contributed by atoms with van der Waals surface area (Å²) in [5.74, 6) is -0.254. The van der Waals surface area contributed by atoms with E-state index in [2.05, 4.69) is 16.7 Å². The summed E-state index contributed by atoms with van der Waals surface area (Å²) in [6.45, 7) is 5.33. The van der Waals surface area contributed by atoms with Gasteiger partial charge in [-0.2, -0.15) is 5.26 Å². The van der Waals surface area contributed by atoms with Gasteiger partial charge >= 0.3 is 0 Å². The highest BCUT2D eigenvalue weighted by Gasteiger charge is 2.32. The second-order valence-corrected chi connectivity index (χ2v) is 5.91. The molecule has 1 aliphatic carbocycles. The Kier molecular flexibility index (Phi) is 7.89. The summed E-state index contributed by atoms with van der Waals surface area (Å²) >= 11 is 0. The molecule has 1 aliphatic rings. The summed E-state index contributed by atoms with van der Waals surface area (Å²) in [5.41, 5.74) is -0.724. The third kappa shape index (κ3) is 6.02. The van der Waals surface area contributed by atoms with Crippen molar-refractivity contribution in [3.8, 4) is 6.07 Å². The van der Waals surface area contributed by atoms with Gasteiger partial charge in [-0.1, -0.05) is 32.6 Å². The van der Waals surface area contributed by atoms with Crippen molar-refractivity contribution in [1.29, 1.82) is 5.26 Å². The van der Waals surface area contributed by atoms with Crippen LogP contribution in [0.2, 0.25) is 0 Å². The molecule has 0 spiro atoms. The minimum Gasteiger partial charge on any atom is -0.355 e. The van der Waals surface area contributed by atoms with Gasteiger partial charge in [-0.05, 0) is 26.3 Å². The largest absolute Gasteiger partial charge is 0.355 e. The molecule has 0 unspecified atom stereocenters. The van der Waals surface area contributed by atoms with E-state index in [4.69, 9.17) is 0 Å². The van der Waals surface area contributed by atoms with Gasteiger partial charge in [0.25, 0.3) is 0 Å². The fraction of sp³-hybridized carbons (Fsp3) is 0.812. The monoisotopic (exact) mass is 308 g/mol. The number of likely N-dealkylation sites (N-methyl/N-ethyl adjacent to an activating group) is 2. The number of rotatable bonds is 7. The van der Waals surface area contributed by atoms with Crippen molar-refractivity contribution in [1.82, 2.24) is 15.5 Å². The average molecular weight is 308 g/mol. The van der Waals surface area contributed by atoms with Gasteiger partial charge in [0.15, 0.2) is 0 Å². The van der Waals surface area contributed by atoms with Crippen LogP contribution < -0.4 is 10.6 Å². The maximum atomic E-state index is 12.3. The van der Waals surface area contributed by atoms with E-state index in [0.717, 1.165) is 38.5 Å². The lowest BCUT2D eigenvalue weighted by Crippen LogP contribution is -2.51. The van der Waals surface area contributed by atoms with E-state index < -0.39 is 5.54 Å². The van der Waals surface area contributed by atoms with Crippen LogP contribution >= 0.6 is 0 Å². The molecule has 1 rings (SSSR count). The molecular weight excluding hydrogens is 280 g/mol. The van der Waals surface area contributed by atoms with Crippen LogP contribution in [0.3, 0.4) is 0 Å². The van der Waals surface area contributed by atoms with Gasteiger partial charge < -0.3 is 10.6 Å². The molecule has 0 saturated heterocycles. The Balaban J connectivity index is 2.55. The van der Waals surface area contributed by atoms with Crippen LogP contribution in [0.15, 0.2) is 0 Å². The van der Waals surface area contributed by atoms with E-state index >= 15 is 0 Å². The van der Waals surface area contributed by atoms with E-state index in [1.165, 1.54) is 0 Å². The first-order chi connectivity index (χ1) is 10.5.